The number of rotatable bonds is 9. The Bertz CT molecular complexity index is 1160. The van der Waals surface area contributed by atoms with Crippen LogP contribution < -0.4 is 4.90 Å². The molecule has 0 spiro atoms. The van der Waals surface area contributed by atoms with Crippen molar-refractivity contribution in [1.29, 1.82) is 5.26 Å². The lowest BCUT2D eigenvalue weighted by Gasteiger charge is -2.39. The molecule has 1 fully saturated rings. The van der Waals surface area contributed by atoms with Crippen molar-refractivity contribution in [3.8, 4) is 6.07 Å². The second-order valence-electron chi connectivity index (χ2n) is 8.97. The first-order valence-corrected chi connectivity index (χ1v) is 12.2. The first kappa shape index (κ1) is 24.6. The highest BCUT2D eigenvalue weighted by Gasteiger charge is 2.30. The van der Waals surface area contributed by atoms with Crippen LogP contribution in [0, 0.1) is 23.1 Å². The minimum atomic E-state index is -0.279. The highest BCUT2D eigenvalue weighted by molar-refractivity contribution is 5.83. The molecule has 2 aromatic carbocycles. The van der Waals surface area contributed by atoms with Crippen LogP contribution >= 0.6 is 0 Å². The van der Waals surface area contributed by atoms with Crippen LogP contribution in [0.3, 0.4) is 0 Å². The average molecular weight is 475 g/mol. The fraction of sp³-hybridized carbons (Fsp3) is 0.393. The van der Waals surface area contributed by atoms with Crippen LogP contribution in [0.15, 0.2) is 59.3 Å². The van der Waals surface area contributed by atoms with E-state index < -0.39 is 0 Å². The van der Waals surface area contributed by atoms with Gasteiger partial charge in [0.05, 0.1) is 17.4 Å². The van der Waals surface area contributed by atoms with Gasteiger partial charge in [0.15, 0.2) is 0 Å². The van der Waals surface area contributed by atoms with E-state index in [0.29, 0.717) is 17.9 Å². The summed E-state index contributed by atoms with van der Waals surface area (Å²) in [6, 6.07) is 14.4. The van der Waals surface area contributed by atoms with E-state index in [0.717, 1.165) is 55.8 Å². The molecule has 35 heavy (non-hydrogen) atoms. The largest absolute Gasteiger partial charge is 0.447 e. The van der Waals surface area contributed by atoms with Gasteiger partial charge in [-0.15, -0.1) is 0 Å². The van der Waals surface area contributed by atoms with E-state index in [1.165, 1.54) is 12.1 Å². The maximum atomic E-state index is 13.5. The Morgan fingerprint density at radius 2 is 1.83 bits per heavy atom. The molecule has 2 heterocycles. The molecular weight excluding hydrogens is 443 g/mol. The first-order chi connectivity index (χ1) is 17.0. The Hall–Kier alpha value is -3.50. The zero-order chi connectivity index (χ0) is 24.8. The lowest BCUT2D eigenvalue weighted by atomic mass is 9.93. The zero-order valence-electron chi connectivity index (χ0n) is 20.3. The topological polar surface area (TPSA) is 73.4 Å². The fourth-order valence-corrected chi connectivity index (χ4v) is 4.89. The number of oxazole rings is 1. The summed E-state index contributed by atoms with van der Waals surface area (Å²) < 4.78 is 19.1. The summed E-state index contributed by atoms with van der Waals surface area (Å²) in [6.07, 6.45) is 5.22. The van der Waals surface area contributed by atoms with Gasteiger partial charge < -0.3 is 9.32 Å². The number of ketones is 1. The number of aromatic nitrogens is 1. The number of benzene rings is 2. The van der Waals surface area contributed by atoms with Crippen molar-refractivity contribution in [2.45, 2.75) is 39.2 Å². The molecule has 1 aliphatic rings. The van der Waals surface area contributed by atoms with E-state index >= 15 is 0 Å². The lowest BCUT2D eigenvalue weighted by molar-refractivity contribution is -0.122. The average Bonchev–Trinajstić information content (AvgIpc) is 3.41. The summed E-state index contributed by atoms with van der Waals surface area (Å²) in [5, 5.41) is 9.82. The predicted octanol–water partition coefficient (Wildman–Crippen LogP) is 5.14. The van der Waals surface area contributed by atoms with Crippen molar-refractivity contribution < 1.29 is 13.6 Å². The molecular formula is C28H31FN4O2. The number of piperazine rings is 1. The minimum absolute atomic E-state index is 0.0750. The summed E-state index contributed by atoms with van der Waals surface area (Å²) >= 11 is 0. The van der Waals surface area contributed by atoms with E-state index in [-0.39, 0.29) is 23.6 Å². The van der Waals surface area contributed by atoms with Crippen LogP contribution in [-0.2, 0) is 11.2 Å². The van der Waals surface area contributed by atoms with Crippen LogP contribution in [0.25, 0.3) is 0 Å². The maximum absolute atomic E-state index is 13.5. The molecule has 0 amide bonds. The number of hydrogen-bond acceptors (Lipinski definition) is 6. The van der Waals surface area contributed by atoms with E-state index in [4.69, 9.17) is 4.42 Å². The van der Waals surface area contributed by atoms with Crippen molar-refractivity contribution in [2.24, 2.45) is 5.92 Å². The van der Waals surface area contributed by atoms with Gasteiger partial charge in [0.1, 0.15) is 30.0 Å². The molecule has 0 radical (unpaired) electrons. The van der Waals surface area contributed by atoms with Crippen LogP contribution in [0.4, 0.5) is 10.1 Å². The molecule has 6 nitrogen and oxygen atoms in total. The summed E-state index contributed by atoms with van der Waals surface area (Å²) in [5.74, 6) is 0.609. The normalized spacial score (nSPS) is 15.2. The molecule has 1 atom stereocenters. The number of nitriles is 1. The van der Waals surface area contributed by atoms with Crippen molar-refractivity contribution in [3.63, 3.8) is 0 Å². The van der Waals surface area contributed by atoms with Crippen LogP contribution in [-0.4, -0.2) is 41.8 Å². The van der Waals surface area contributed by atoms with Crippen LogP contribution in [0.5, 0.6) is 0 Å². The molecule has 0 saturated carbocycles. The Morgan fingerprint density at radius 1 is 1.11 bits per heavy atom. The van der Waals surface area contributed by atoms with Crippen molar-refractivity contribution >= 4 is 11.5 Å². The van der Waals surface area contributed by atoms with Crippen LogP contribution in [0.1, 0.15) is 55.3 Å². The van der Waals surface area contributed by atoms with Gasteiger partial charge in [-0.25, -0.2) is 9.37 Å². The minimum Gasteiger partial charge on any atom is -0.447 e. The second kappa shape index (κ2) is 11.3. The molecule has 1 aliphatic heterocycles. The van der Waals surface area contributed by atoms with Gasteiger partial charge in [-0.3, -0.25) is 9.69 Å². The fourth-order valence-electron chi connectivity index (χ4n) is 4.89. The highest BCUT2D eigenvalue weighted by Crippen LogP contribution is 2.31. The van der Waals surface area contributed by atoms with Gasteiger partial charge in [-0.05, 0) is 48.2 Å². The molecule has 7 heteroatoms. The quantitative estimate of drug-likeness (QED) is 0.427. The van der Waals surface area contributed by atoms with Crippen molar-refractivity contribution in [3.05, 3.63) is 83.3 Å². The third kappa shape index (κ3) is 5.60. The van der Waals surface area contributed by atoms with Gasteiger partial charge in [0.25, 0.3) is 0 Å². The number of carbonyl (C=O) groups is 1. The van der Waals surface area contributed by atoms with Gasteiger partial charge in [0, 0.05) is 38.5 Å². The molecule has 0 aliphatic carbocycles. The highest BCUT2D eigenvalue weighted by atomic mass is 19.1. The molecule has 1 saturated heterocycles. The summed E-state index contributed by atoms with van der Waals surface area (Å²) in [6.45, 7) is 6.98. The maximum Gasteiger partial charge on any atom is 0.215 e. The van der Waals surface area contributed by atoms with Crippen LogP contribution in [0.2, 0.25) is 0 Å². The monoisotopic (exact) mass is 474 g/mol. The Labute approximate surface area is 206 Å². The zero-order valence-corrected chi connectivity index (χ0v) is 20.3. The van der Waals surface area contributed by atoms with Crippen molar-refractivity contribution in [1.82, 2.24) is 9.88 Å². The number of anilines is 1. The second-order valence-corrected chi connectivity index (χ2v) is 8.97. The number of hydrogen-bond donors (Lipinski definition) is 0. The van der Waals surface area contributed by atoms with E-state index in [1.54, 1.807) is 24.6 Å². The van der Waals surface area contributed by atoms with E-state index in [1.807, 2.05) is 32.0 Å². The molecule has 4 rings (SSSR count). The lowest BCUT2D eigenvalue weighted by Crippen LogP contribution is -2.48. The smallest absolute Gasteiger partial charge is 0.215 e. The van der Waals surface area contributed by atoms with Gasteiger partial charge in [-0.1, -0.05) is 32.0 Å². The Balaban J connectivity index is 1.48. The molecule has 0 N–H and O–H groups in total. The van der Waals surface area contributed by atoms with Crippen molar-refractivity contribution in [2.75, 3.05) is 31.1 Å². The molecule has 0 bridgehead atoms. The van der Waals surface area contributed by atoms with Gasteiger partial charge in [0.2, 0.25) is 5.89 Å². The third-order valence-corrected chi connectivity index (χ3v) is 6.89. The van der Waals surface area contributed by atoms with E-state index in [9.17, 15) is 14.4 Å². The number of halogens is 1. The van der Waals surface area contributed by atoms with Gasteiger partial charge in [-0.2, -0.15) is 5.26 Å². The summed E-state index contributed by atoms with van der Waals surface area (Å²) in [5.41, 5.74) is 3.30. The standard InChI is InChI=1S/C28H31FN4O2/c1-3-21(4-2)26(34)18-20-5-10-25(23(17-20)19-30)32-12-14-33(15-13-32)27(28-31-11-16-35-28)22-6-8-24(29)9-7-22/h5-11,16-17,21,27H,3-4,12-15,18H2,1-2H3. The predicted molar refractivity (Wildman–Crippen MR) is 132 cm³/mol. The molecule has 1 unspecified atom stereocenters. The first-order valence-electron chi connectivity index (χ1n) is 12.2. The summed E-state index contributed by atoms with van der Waals surface area (Å²) in [7, 11) is 0. The third-order valence-electron chi connectivity index (χ3n) is 6.89. The molecule has 182 valence electrons. The number of carbonyl (C=O) groups excluding carboxylic acids is 1. The Morgan fingerprint density at radius 3 is 2.43 bits per heavy atom. The number of Topliss-reactive ketones (excluding diaryl/α,β-unsaturated/α-hetero) is 1. The summed E-state index contributed by atoms with van der Waals surface area (Å²) in [4.78, 5) is 21.4. The van der Waals surface area contributed by atoms with Gasteiger partial charge >= 0.3 is 0 Å². The molecule has 3 aromatic rings. The van der Waals surface area contributed by atoms with E-state index in [2.05, 4.69) is 20.9 Å². The number of nitrogens with zero attached hydrogens (tertiary/aromatic N) is 4. The molecule has 1 aromatic heterocycles. The SMILES string of the molecule is CCC(CC)C(=O)Cc1ccc(N2CCN(C(c3ccc(F)cc3)c3ncco3)CC2)c(C#N)c1. The Kier molecular flexibility index (Phi) is 7.94.